The Labute approximate surface area is 86.5 Å². The minimum absolute atomic E-state index is 0.0422. The molecular formula is C8H13N3O2S. The van der Waals surface area contributed by atoms with Crippen molar-refractivity contribution in [3.63, 3.8) is 0 Å². The molecule has 0 bridgehead atoms. The molecular weight excluding hydrogens is 202 g/mol. The van der Waals surface area contributed by atoms with Gasteiger partial charge in [0, 0.05) is 20.0 Å². The summed E-state index contributed by atoms with van der Waals surface area (Å²) >= 11 is 1.38. The van der Waals surface area contributed by atoms with Crippen LogP contribution < -0.4 is 5.32 Å². The van der Waals surface area contributed by atoms with E-state index in [2.05, 4.69) is 15.5 Å². The van der Waals surface area contributed by atoms with Gasteiger partial charge in [0.05, 0.1) is 6.61 Å². The SMILES string of the molecule is CCC(=O)Nc1nnc(CCOC)s1. The molecule has 14 heavy (non-hydrogen) atoms. The van der Waals surface area contributed by atoms with Crippen LogP contribution in [0.25, 0.3) is 0 Å². The fourth-order valence-electron chi connectivity index (χ4n) is 0.802. The summed E-state index contributed by atoms with van der Waals surface area (Å²) in [5.41, 5.74) is 0. The van der Waals surface area contributed by atoms with E-state index in [9.17, 15) is 4.79 Å². The molecule has 1 aromatic heterocycles. The molecule has 1 aromatic rings. The molecule has 0 saturated heterocycles. The Morgan fingerprint density at radius 3 is 3.00 bits per heavy atom. The van der Waals surface area contributed by atoms with Crippen LogP contribution in [0, 0.1) is 0 Å². The molecule has 0 spiro atoms. The number of anilines is 1. The lowest BCUT2D eigenvalue weighted by Crippen LogP contribution is -2.08. The van der Waals surface area contributed by atoms with Crippen LogP contribution in [0.3, 0.4) is 0 Å². The third-order valence-electron chi connectivity index (χ3n) is 1.55. The van der Waals surface area contributed by atoms with Gasteiger partial charge in [0.2, 0.25) is 11.0 Å². The number of carbonyl (C=O) groups excluding carboxylic acids is 1. The molecule has 0 atom stereocenters. The molecule has 0 saturated carbocycles. The van der Waals surface area contributed by atoms with Crippen molar-refractivity contribution in [3.05, 3.63) is 5.01 Å². The molecule has 0 aromatic carbocycles. The number of nitrogens with one attached hydrogen (secondary N) is 1. The van der Waals surface area contributed by atoms with E-state index in [1.165, 1.54) is 11.3 Å². The molecule has 0 aliphatic carbocycles. The number of rotatable bonds is 5. The first-order valence-electron chi connectivity index (χ1n) is 4.37. The Kier molecular flexibility index (Phi) is 4.48. The Balaban J connectivity index is 2.46. The van der Waals surface area contributed by atoms with E-state index < -0.39 is 0 Å². The van der Waals surface area contributed by atoms with Gasteiger partial charge in [-0.1, -0.05) is 18.3 Å². The van der Waals surface area contributed by atoms with Crippen LogP contribution in [0.15, 0.2) is 0 Å². The Morgan fingerprint density at radius 2 is 2.36 bits per heavy atom. The van der Waals surface area contributed by atoms with E-state index in [1.807, 2.05) is 0 Å². The lowest BCUT2D eigenvalue weighted by molar-refractivity contribution is -0.115. The molecule has 0 fully saturated rings. The van der Waals surface area contributed by atoms with Gasteiger partial charge in [0.1, 0.15) is 5.01 Å². The van der Waals surface area contributed by atoms with Gasteiger partial charge in [0.15, 0.2) is 0 Å². The smallest absolute Gasteiger partial charge is 0.225 e. The van der Waals surface area contributed by atoms with Crippen molar-refractivity contribution in [1.82, 2.24) is 10.2 Å². The summed E-state index contributed by atoms with van der Waals surface area (Å²) in [6.45, 7) is 2.42. The highest BCUT2D eigenvalue weighted by Crippen LogP contribution is 2.15. The quantitative estimate of drug-likeness (QED) is 0.798. The van der Waals surface area contributed by atoms with Crippen LogP contribution in [-0.4, -0.2) is 29.8 Å². The Bertz CT molecular complexity index is 301. The lowest BCUT2D eigenvalue weighted by atomic mass is 10.5. The predicted octanol–water partition coefficient (Wildman–Crippen LogP) is 1.08. The van der Waals surface area contributed by atoms with Crippen molar-refractivity contribution in [3.8, 4) is 0 Å². The van der Waals surface area contributed by atoms with E-state index in [-0.39, 0.29) is 5.91 Å². The van der Waals surface area contributed by atoms with Crippen molar-refractivity contribution < 1.29 is 9.53 Å². The van der Waals surface area contributed by atoms with Gasteiger partial charge in [-0.15, -0.1) is 10.2 Å². The average Bonchev–Trinajstić information content (AvgIpc) is 2.62. The second kappa shape index (κ2) is 5.66. The third kappa shape index (κ3) is 3.39. The maximum atomic E-state index is 11.0. The standard InChI is InChI=1S/C8H13N3O2S/c1-3-6(12)9-8-11-10-7(14-8)4-5-13-2/h3-5H2,1-2H3,(H,9,11,12). The van der Waals surface area contributed by atoms with Gasteiger partial charge in [-0.05, 0) is 0 Å². The number of aromatic nitrogens is 2. The van der Waals surface area contributed by atoms with Crippen LogP contribution in [0.5, 0.6) is 0 Å². The molecule has 0 unspecified atom stereocenters. The zero-order valence-corrected chi connectivity index (χ0v) is 9.06. The summed E-state index contributed by atoms with van der Waals surface area (Å²) < 4.78 is 4.91. The predicted molar refractivity (Wildman–Crippen MR) is 54.4 cm³/mol. The number of hydrogen-bond donors (Lipinski definition) is 1. The second-order valence-corrected chi connectivity index (χ2v) is 3.71. The maximum Gasteiger partial charge on any atom is 0.225 e. The van der Waals surface area contributed by atoms with E-state index in [4.69, 9.17) is 4.74 Å². The van der Waals surface area contributed by atoms with Crippen molar-refractivity contribution in [2.24, 2.45) is 0 Å². The van der Waals surface area contributed by atoms with E-state index in [0.29, 0.717) is 18.2 Å². The maximum absolute atomic E-state index is 11.0. The van der Waals surface area contributed by atoms with Crippen LogP contribution in [0.2, 0.25) is 0 Å². The minimum Gasteiger partial charge on any atom is -0.384 e. The normalized spacial score (nSPS) is 10.1. The fourth-order valence-corrected chi connectivity index (χ4v) is 1.54. The Hall–Kier alpha value is -1.01. The summed E-state index contributed by atoms with van der Waals surface area (Å²) in [7, 11) is 1.64. The van der Waals surface area contributed by atoms with Gasteiger partial charge >= 0.3 is 0 Å². The molecule has 6 heteroatoms. The molecule has 1 rings (SSSR count). The molecule has 5 nitrogen and oxygen atoms in total. The largest absolute Gasteiger partial charge is 0.384 e. The molecule has 0 radical (unpaired) electrons. The average molecular weight is 215 g/mol. The monoisotopic (exact) mass is 215 g/mol. The van der Waals surface area contributed by atoms with E-state index >= 15 is 0 Å². The summed E-state index contributed by atoms with van der Waals surface area (Å²) in [4.78, 5) is 11.0. The second-order valence-electron chi connectivity index (χ2n) is 2.65. The van der Waals surface area contributed by atoms with Crippen LogP contribution >= 0.6 is 11.3 Å². The van der Waals surface area contributed by atoms with Gasteiger partial charge in [-0.3, -0.25) is 4.79 Å². The van der Waals surface area contributed by atoms with Crippen LogP contribution in [-0.2, 0) is 16.0 Å². The van der Waals surface area contributed by atoms with Crippen molar-refractivity contribution >= 4 is 22.4 Å². The number of carbonyl (C=O) groups is 1. The number of ether oxygens (including phenoxy) is 1. The summed E-state index contributed by atoms with van der Waals surface area (Å²) in [5, 5.41) is 11.8. The van der Waals surface area contributed by atoms with Crippen molar-refractivity contribution in [1.29, 1.82) is 0 Å². The molecule has 1 amide bonds. The highest BCUT2D eigenvalue weighted by Gasteiger charge is 2.05. The first-order chi connectivity index (χ1) is 6.76. The lowest BCUT2D eigenvalue weighted by Gasteiger charge is -1.94. The summed E-state index contributed by atoms with van der Waals surface area (Å²) in [6, 6.07) is 0. The molecule has 0 aliphatic heterocycles. The van der Waals surface area contributed by atoms with Crippen molar-refractivity contribution in [2.75, 3.05) is 19.0 Å². The molecule has 78 valence electrons. The van der Waals surface area contributed by atoms with E-state index in [1.54, 1.807) is 14.0 Å². The van der Waals surface area contributed by atoms with Gasteiger partial charge in [-0.25, -0.2) is 0 Å². The number of hydrogen-bond acceptors (Lipinski definition) is 5. The fraction of sp³-hybridized carbons (Fsp3) is 0.625. The first kappa shape index (κ1) is 11.1. The third-order valence-corrected chi connectivity index (χ3v) is 2.45. The zero-order valence-electron chi connectivity index (χ0n) is 8.24. The number of methoxy groups -OCH3 is 1. The molecule has 1 heterocycles. The van der Waals surface area contributed by atoms with Crippen LogP contribution in [0.1, 0.15) is 18.4 Å². The minimum atomic E-state index is -0.0422. The van der Waals surface area contributed by atoms with Gasteiger partial charge in [0.25, 0.3) is 0 Å². The van der Waals surface area contributed by atoms with Crippen LogP contribution in [0.4, 0.5) is 5.13 Å². The summed E-state index contributed by atoms with van der Waals surface area (Å²) in [6.07, 6.45) is 1.18. The molecule has 1 N–H and O–H groups in total. The highest BCUT2D eigenvalue weighted by atomic mass is 32.1. The van der Waals surface area contributed by atoms with E-state index in [0.717, 1.165) is 11.4 Å². The van der Waals surface area contributed by atoms with Gasteiger partial charge < -0.3 is 10.1 Å². The number of nitrogens with zero attached hydrogens (tertiary/aromatic N) is 2. The Morgan fingerprint density at radius 1 is 1.57 bits per heavy atom. The topological polar surface area (TPSA) is 64.1 Å². The summed E-state index contributed by atoms with van der Waals surface area (Å²) in [5.74, 6) is -0.0422. The molecule has 0 aliphatic rings. The van der Waals surface area contributed by atoms with Crippen molar-refractivity contribution in [2.45, 2.75) is 19.8 Å². The highest BCUT2D eigenvalue weighted by molar-refractivity contribution is 7.15. The first-order valence-corrected chi connectivity index (χ1v) is 5.19. The zero-order chi connectivity index (χ0) is 10.4. The van der Waals surface area contributed by atoms with Gasteiger partial charge in [-0.2, -0.15) is 0 Å². The number of amides is 1.